The molecule has 133 valence electrons. The fourth-order valence-electron chi connectivity index (χ4n) is 3.73. The summed E-state index contributed by atoms with van der Waals surface area (Å²) in [4.78, 5) is 2.21. The predicted octanol–water partition coefficient (Wildman–Crippen LogP) is 5.65. The average molecular weight is 346 g/mol. The Labute approximate surface area is 154 Å². The smallest absolute Gasteiger partial charge is 0.209 e. The molecule has 3 aromatic carbocycles. The summed E-state index contributed by atoms with van der Waals surface area (Å²) >= 11 is 0. The second-order valence-corrected chi connectivity index (χ2v) is 7.14. The monoisotopic (exact) mass is 346 g/mol. The summed E-state index contributed by atoms with van der Waals surface area (Å²) < 4.78 is 6.25. The fourth-order valence-corrected chi connectivity index (χ4v) is 3.73. The Morgan fingerprint density at radius 3 is 2.50 bits per heavy atom. The lowest BCUT2D eigenvalue weighted by Gasteiger charge is -2.34. The zero-order valence-electron chi connectivity index (χ0n) is 15.4. The van der Waals surface area contributed by atoms with Crippen molar-refractivity contribution in [1.29, 1.82) is 0 Å². The Hall–Kier alpha value is -2.68. The van der Waals surface area contributed by atoms with Crippen molar-refractivity contribution in [2.45, 2.75) is 32.8 Å². The third-order valence-electron chi connectivity index (χ3n) is 5.49. The summed E-state index contributed by atoms with van der Waals surface area (Å²) in [5.41, 5.74) is 3.28. The van der Waals surface area contributed by atoms with E-state index in [2.05, 4.69) is 24.8 Å². The minimum Gasteiger partial charge on any atom is -0.490 e. The molecule has 0 atom stereocenters. The van der Waals surface area contributed by atoms with Crippen molar-refractivity contribution in [3.05, 3.63) is 65.7 Å². The molecule has 0 spiro atoms. The van der Waals surface area contributed by atoms with Gasteiger partial charge in [0.15, 0.2) is 0 Å². The van der Waals surface area contributed by atoms with Crippen LogP contribution in [0.5, 0.6) is 11.5 Å². The van der Waals surface area contributed by atoms with Crippen LogP contribution >= 0.6 is 0 Å². The lowest BCUT2D eigenvalue weighted by molar-refractivity contribution is 0.169. The summed E-state index contributed by atoms with van der Waals surface area (Å²) in [6.45, 7) is 5.92. The van der Waals surface area contributed by atoms with Gasteiger partial charge in [-0.05, 0) is 42.5 Å². The number of piperidine rings is 1. The van der Waals surface area contributed by atoms with Crippen LogP contribution < -0.4 is 9.64 Å². The van der Waals surface area contributed by atoms with E-state index in [1.54, 1.807) is 0 Å². The Bertz CT molecular complexity index is 927. The Balaban J connectivity index is 1.47. The lowest BCUT2D eigenvalue weighted by Crippen LogP contribution is -2.38. The van der Waals surface area contributed by atoms with E-state index in [0.29, 0.717) is 0 Å². The van der Waals surface area contributed by atoms with Crippen LogP contribution in [0.15, 0.2) is 54.6 Å². The van der Waals surface area contributed by atoms with Gasteiger partial charge in [0.2, 0.25) is 5.75 Å². The first-order valence-electron chi connectivity index (χ1n) is 9.30. The molecule has 0 aromatic heterocycles. The number of fused-ring (bicyclic) bond motifs is 1. The molecule has 1 fully saturated rings. The van der Waals surface area contributed by atoms with Crippen LogP contribution in [0.2, 0.25) is 0 Å². The highest BCUT2D eigenvalue weighted by Crippen LogP contribution is 2.37. The molecule has 26 heavy (non-hydrogen) atoms. The van der Waals surface area contributed by atoms with Crippen molar-refractivity contribution in [1.82, 2.24) is 0 Å². The van der Waals surface area contributed by atoms with Gasteiger partial charge in [0.05, 0.1) is 5.69 Å². The molecule has 0 unspecified atom stereocenters. The first-order valence-corrected chi connectivity index (χ1v) is 9.30. The summed E-state index contributed by atoms with van der Waals surface area (Å²) in [6, 6.07) is 18.0. The van der Waals surface area contributed by atoms with E-state index in [-0.39, 0.29) is 11.9 Å². The lowest BCUT2D eigenvalue weighted by atomic mass is 10.0. The Morgan fingerprint density at radius 2 is 1.69 bits per heavy atom. The van der Waals surface area contributed by atoms with Crippen LogP contribution in [-0.2, 0) is 5.11 Å². The van der Waals surface area contributed by atoms with Crippen LogP contribution in [0.4, 0.5) is 5.69 Å². The van der Waals surface area contributed by atoms with Gasteiger partial charge in [0.1, 0.15) is 11.9 Å². The Morgan fingerprint density at radius 1 is 0.923 bits per heavy atom. The number of aryl methyl sites for hydroxylation is 1. The molecule has 1 heterocycles. The number of nitrogens with zero attached hydrogens (tertiary/aromatic N) is 1. The van der Waals surface area contributed by atoms with Gasteiger partial charge in [-0.15, -0.1) is 0 Å². The highest BCUT2D eigenvalue weighted by atomic mass is 16.5. The predicted molar refractivity (Wildman–Crippen MR) is 106 cm³/mol. The van der Waals surface area contributed by atoms with Crippen LogP contribution in [-0.4, -0.2) is 19.2 Å². The summed E-state index contributed by atoms with van der Waals surface area (Å²) in [5.74, 6) is 1.12. The van der Waals surface area contributed by atoms with Crippen molar-refractivity contribution in [3.8, 4) is 11.5 Å². The highest BCUT2D eigenvalue weighted by molar-refractivity contribution is 5.93. The number of benzene rings is 3. The van der Waals surface area contributed by atoms with E-state index in [9.17, 15) is 5.11 Å². The van der Waals surface area contributed by atoms with Crippen molar-refractivity contribution < 1.29 is 9.84 Å². The van der Waals surface area contributed by atoms with E-state index in [1.165, 1.54) is 11.1 Å². The summed E-state index contributed by atoms with van der Waals surface area (Å²) in [5, 5.41) is 14.6. The average Bonchev–Trinajstić information content (AvgIpc) is 2.67. The quantitative estimate of drug-likeness (QED) is 0.614. The van der Waals surface area contributed by atoms with Crippen molar-refractivity contribution in [2.75, 3.05) is 18.0 Å². The molecule has 3 heteroatoms. The van der Waals surface area contributed by atoms with Gasteiger partial charge in [-0.3, -0.25) is 5.11 Å². The second kappa shape index (κ2) is 6.91. The van der Waals surface area contributed by atoms with Crippen molar-refractivity contribution >= 4 is 16.5 Å². The molecule has 0 N–H and O–H groups in total. The topological polar surface area (TPSA) is 32.4 Å². The van der Waals surface area contributed by atoms with Gasteiger partial charge in [-0.2, -0.15) is 0 Å². The Kier molecular flexibility index (Phi) is 4.46. The third-order valence-corrected chi connectivity index (χ3v) is 5.49. The first kappa shape index (κ1) is 16.8. The molecule has 4 rings (SSSR count). The number of rotatable bonds is 3. The van der Waals surface area contributed by atoms with Crippen LogP contribution in [0, 0.1) is 13.8 Å². The van der Waals surface area contributed by atoms with Gasteiger partial charge in [0, 0.05) is 31.3 Å². The second-order valence-electron chi connectivity index (χ2n) is 7.14. The molecule has 1 radical (unpaired) electrons. The SMILES string of the molecule is Cc1cccc(OC2CCN(c3ccc4ccccc4c3[O])CC2)c1C. The number of ether oxygens (including phenoxy) is 1. The fraction of sp³-hybridized carbons (Fsp3) is 0.304. The molecule has 1 aliphatic heterocycles. The minimum absolute atomic E-state index is 0.136. The standard InChI is InChI=1S/C23H24NO2/c1-16-6-5-9-22(17(16)2)26-19-12-14-24(15-13-19)21-11-10-18-7-3-4-8-20(18)23(21)25/h3-11,19H,12-15H2,1-2H3. The van der Waals surface area contributed by atoms with E-state index >= 15 is 0 Å². The molecule has 0 aliphatic carbocycles. The number of hydrogen-bond donors (Lipinski definition) is 0. The minimum atomic E-state index is 0.136. The zero-order valence-corrected chi connectivity index (χ0v) is 15.4. The molecule has 0 amide bonds. The molecule has 0 saturated carbocycles. The normalized spacial score (nSPS) is 15.4. The molecule has 1 aliphatic rings. The molecular formula is C23H24NO2. The van der Waals surface area contributed by atoms with Crippen molar-refractivity contribution in [2.24, 2.45) is 0 Å². The molecule has 3 aromatic rings. The van der Waals surface area contributed by atoms with E-state index in [0.717, 1.165) is 48.1 Å². The maximum atomic E-state index is 12.8. The molecule has 1 saturated heterocycles. The van der Waals surface area contributed by atoms with Crippen LogP contribution in [0.25, 0.3) is 10.8 Å². The van der Waals surface area contributed by atoms with Crippen LogP contribution in [0.1, 0.15) is 24.0 Å². The van der Waals surface area contributed by atoms with Gasteiger partial charge in [0.25, 0.3) is 0 Å². The highest BCUT2D eigenvalue weighted by Gasteiger charge is 2.24. The maximum Gasteiger partial charge on any atom is 0.209 e. The molecule has 3 nitrogen and oxygen atoms in total. The van der Waals surface area contributed by atoms with Gasteiger partial charge in [-0.1, -0.05) is 42.5 Å². The van der Waals surface area contributed by atoms with Gasteiger partial charge >= 0.3 is 0 Å². The van der Waals surface area contributed by atoms with E-state index in [1.807, 2.05) is 48.5 Å². The van der Waals surface area contributed by atoms with E-state index < -0.39 is 0 Å². The maximum absolute atomic E-state index is 12.8. The van der Waals surface area contributed by atoms with E-state index in [4.69, 9.17) is 4.74 Å². The molecular weight excluding hydrogens is 322 g/mol. The first-order chi connectivity index (χ1) is 12.6. The van der Waals surface area contributed by atoms with Gasteiger partial charge < -0.3 is 9.64 Å². The molecule has 0 bridgehead atoms. The number of anilines is 1. The summed E-state index contributed by atoms with van der Waals surface area (Å²) in [7, 11) is 0. The van der Waals surface area contributed by atoms with Crippen LogP contribution in [0.3, 0.4) is 0 Å². The van der Waals surface area contributed by atoms with Crippen molar-refractivity contribution in [3.63, 3.8) is 0 Å². The largest absolute Gasteiger partial charge is 0.490 e. The summed E-state index contributed by atoms with van der Waals surface area (Å²) in [6.07, 6.45) is 2.07. The third kappa shape index (κ3) is 3.10. The zero-order chi connectivity index (χ0) is 18.1. The number of hydrogen-bond acceptors (Lipinski definition) is 2. The van der Waals surface area contributed by atoms with Gasteiger partial charge in [-0.25, -0.2) is 0 Å².